The Balaban J connectivity index is 3.31. The van der Waals surface area contributed by atoms with Crippen LogP contribution in [0.3, 0.4) is 0 Å². The molecule has 1 aromatic rings. The van der Waals surface area contributed by atoms with Gasteiger partial charge in [-0.05, 0) is 6.92 Å². The van der Waals surface area contributed by atoms with Crippen molar-refractivity contribution in [3.8, 4) is 5.88 Å². The van der Waals surface area contributed by atoms with Crippen LogP contribution in [0.4, 0.5) is 5.69 Å². The van der Waals surface area contributed by atoms with Crippen LogP contribution in [0.15, 0.2) is 11.0 Å². The normalized spacial score (nSPS) is 9.80. The van der Waals surface area contributed by atoms with E-state index < -0.39 is 0 Å². The first-order chi connectivity index (χ1) is 4.61. The van der Waals surface area contributed by atoms with Crippen LogP contribution < -0.4 is 5.73 Å². The van der Waals surface area contributed by atoms with E-state index in [0.29, 0.717) is 16.3 Å². The van der Waals surface area contributed by atoms with E-state index in [0.717, 1.165) is 0 Å². The average molecular weight is 156 g/mol. The highest BCUT2D eigenvalue weighted by Crippen LogP contribution is 2.22. The van der Waals surface area contributed by atoms with Gasteiger partial charge in [0, 0.05) is 11.0 Å². The number of aryl methyl sites for hydroxylation is 1. The van der Waals surface area contributed by atoms with Crippen LogP contribution in [0.25, 0.3) is 0 Å². The van der Waals surface area contributed by atoms with Gasteiger partial charge in [-0.2, -0.15) is 0 Å². The standard InChI is InChI=1S/C6H8N2OS/c1-3-6(10)4(7)2-5(9)8-3/h2,10H,1H3,(H3,7,8,9). The first-order valence-corrected chi connectivity index (χ1v) is 3.21. The molecule has 0 radical (unpaired) electrons. The summed E-state index contributed by atoms with van der Waals surface area (Å²) >= 11 is 4.06. The Morgan fingerprint density at radius 1 is 1.70 bits per heavy atom. The van der Waals surface area contributed by atoms with Gasteiger partial charge in [-0.15, -0.1) is 12.6 Å². The molecule has 0 aromatic carbocycles. The van der Waals surface area contributed by atoms with E-state index in [-0.39, 0.29) is 5.88 Å². The third kappa shape index (κ3) is 1.16. The summed E-state index contributed by atoms with van der Waals surface area (Å²) in [6, 6.07) is 1.37. The molecule has 3 nitrogen and oxygen atoms in total. The van der Waals surface area contributed by atoms with Crippen LogP contribution in [-0.2, 0) is 0 Å². The quantitative estimate of drug-likeness (QED) is 0.490. The Bertz CT molecular complexity index is 239. The molecule has 0 aliphatic heterocycles. The van der Waals surface area contributed by atoms with Crippen LogP contribution in [0.5, 0.6) is 5.88 Å². The van der Waals surface area contributed by atoms with Crippen molar-refractivity contribution in [1.82, 2.24) is 4.98 Å². The second-order valence-corrected chi connectivity index (χ2v) is 2.45. The molecule has 0 saturated carbocycles. The van der Waals surface area contributed by atoms with E-state index in [2.05, 4.69) is 17.6 Å². The van der Waals surface area contributed by atoms with E-state index in [1.54, 1.807) is 6.92 Å². The second kappa shape index (κ2) is 2.38. The zero-order valence-electron chi connectivity index (χ0n) is 5.50. The molecule has 0 saturated heterocycles. The molecule has 4 heteroatoms. The van der Waals surface area contributed by atoms with Gasteiger partial charge in [0.15, 0.2) is 0 Å². The average Bonchev–Trinajstić information content (AvgIpc) is 1.82. The van der Waals surface area contributed by atoms with Crippen molar-refractivity contribution in [2.75, 3.05) is 5.73 Å². The van der Waals surface area contributed by atoms with Crippen molar-refractivity contribution in [2.45, 2.75) is 11.8 Å². The number of nitrogen functional groups attached to an aromatic ring is 1. The maximum Gasteiger partial charge on any atom is 0.213 e. The lowest BCUT2D eigenvalue weighted by atomic mass is 10.3. The molecule has 54 valence electrons. The molecule has 0 unspecified atom stereocenters. The minimum atomic E-state index is -0.0622. The number of aromatic nitrogens is 1. The first kappa shape index (κ1) is 7.21. The molecule has 0 amide bonds. The van der Waals surface area contributed by atoms with Gasteiger partial charge in [0.05, 0.1) is 11.4 Å². The van der Waals surface area contributed by atoms with Gasteiger partial charge in [-0.1, -0.05) is 0 Å². The first-order valence-electron chi connectivity index (χ1n) is 2.76. The van der Waals surface area contributed by atoms with Crippen LogP contribution in [0.2, 0.25) is 0 Å². The van der Waals surface area contributed by atoms with Crippen LogP contribution in [0, 0.1) is 6.92 Å². The summed E-state index contributed by atoms with van der Waals surface area (Å²) in [5.74, 6) is -0.0622. The van der Waals surface area contributed by atoms with Gasteiger partial charge < -0.3 is 10.8 Å². The molecule has 0 spiro atoms. The Labute approximate surface area is 64.3 Å². The fourth-order valence-corrected chi connectivity index (χ4v) is 0.788. The van der Waals surface area contributed by atoms with Gasteiger partial charge in [0.25, 0.3) is 0 Å². The fraction of sp³-hybridized carbons (Fsp3) is 0.167. The van der Waals surface area contributed by atoms with Crippen molar-refractivity contribution in [3.63, 3.8) is 0 Å². The van der Waals surface area contributed by atoms with Crippen LogP contribution in [-0.4, -0.2) is 10.1 Å². The number of nitrogens with two attached hydrogens (primary N) is 1. The maximum atomic E-state index is 8.89. The predicted molar refractivity (Wildman–Crippen MR) is 42.3 cm³/mol. The maximum absolute atomic E-state index is 8.89. The van der Waals surface area contributed by atoms with Crippen LogP contribution >= 0.6 is 12.6 Å². The van der Waals surface area contributed by atoms with Crippen LogP contribution in [0.1, 0.15) is 5.69 Å². The number of thiol groups is 1. The zero-order chi connectivity index (χ0) is 7.72. The molecule has 0 aliphatic rings. The van der Waals surface area contributed by atoms with Gasteiger partial charge >= 0.3 is 0 Å². The Morgan fingerprint density at radius 2 is 2.30 bits per heavy atom. The lowest BCUT2D eigenvalue weighted by Crippen LogP contribution is -1.91. The molecule has 10 heavy (non-hydrogen) atoms. The summed E-state index contributed by atoms with van der Waals surface area (Å²) in [4.78, 5) is 4.36. The molecule has 3 N–H and O–H groups in total. The van der Waals surface area contributed by atoms with E-state index >= 15 is 0 Å². The van der Waals surface area contributed by atoms with E-state index in [4.69, 9.17) is 10.8 Å². The van der Waals surface area contributed by atoms with Crippen molar-refractivity contribution >= 4 is 18.3 Å². The molecule has 0 fully saturated rings. The topological polar surface area (TPSA) is 59.1 Å². The van der Waals surface area contributed by atoms with E-state index in [1.165, 1.54) is 6.07 Å². The summed E-state index contributed by atoms with van der Waals surface area (Å²) in [5, 5.41) is 8.89. The minimum absolute atomic E-state index is 0.0622. The van der Waals surface area contributed by atoms with E-state index in [9.17, 15) is 0 Å². The summed E-state index contributed by atoms with van der Waals surface area (Å²) in [7, 11) is 0. The molecule has 0 atom stereocenters. The van der Waals surface area contributed by atoms with Crippen molar-refractivity contribution in [2.24, 2.45) is 0 Å². The van der Waals surface area contributed by atoms with E-state index in [1.807, 2.05) is 0 Å². The summed E-state index contributed by atoms with van der Waals surface area (Å²) in [6.45, 7) is 1.73. The SMILES string of the molecule is Cc1nc(O)cc(N)c1S. The van der Waals surface area contributed by atoms with Gasteiger partial charge in [-0.25, -0.2) is 4.98 Å². The van der Waals surface area contributed by atoms with Gasteiger partial charge in [-0.3, -0.25) is 0 Å². The largest absolute Gasteiger partial charge is 0.493 e. The Morgan fingerprint density at radius 3 is 2.80 bits per heavy atom. The number of pyridine rings is 1. The number of aromatic hydroxyl groups is 1. The number of hydrogen-bond donors (Lipinski definition) is 3. The monoisotopic (exact) mass is 156 g/mol. The van der Waals surface area contributed by atoms with Crippen molar-refractivity contribution < 1.29 is 5.11 Å². The molecule has 1 aromatic heterocycles. The van der Waals surface area contributed by atoms with Crippen molar-refractivity contribution in [1.29, 1.82) is 0 Å². The molecule has 0 aliphatic carbocycles. The molecular formula is C6H8N2OS. The molecular weight excluding hydrogens is 148 g/mol. The Hall–Kier alpha value is -0.900. The van der Waals surface area contributed by atoms with Gasteiger partial charge in [0.1, 0.15) is 0 Å². The van der Waals surface area contributed by atoms with Gasteiger partial charge in [0.2, 0.25) is 5.88 Å². The summed E-state index contributed by atoms with van der Waals surface area (Å²) in [5.41, 5.74) is 6.54. The number of anilines is 1. The third-order valence-electron chi connectivity index (χ3n) is 1.18. The summed E-state index contributed by atoms with van der Waals surface area (Å²) < 4.78 is 0. The zero-order valence-corrected chi connectivity index (χ0v) is 6.39. The smallest absolute Gasteiger partial charge is 0.213 e. The number of hydrogen-bond acceptors (Lipinski definition) is 4. The summed E-state index contributed by atoms with van der Waals surface area (Å²) in [6.07, 6.45) is 0. The minimum Gasteiger partial charge on any atom is -0.493 e. The number of nitrogens with zero attached hydrogens (tertiary/aromatic N) is 1. The highest BCUT2D eigenvalue weighted by molar-refractivity contribution is 7.80. The molecule has 0 bridgehead atoms. The second-order valence-electron chi connectivity index (χ2n) is 2.00. The lowest BCUT2D eigenvalue weighted by Gasteiger charge is -2.01. The van der Waals surface area contributed by atoms with Crippen molar-refractivity contribution in [3.05, 3.63) is 11.8 Å². The third-order valence-corrected chi connectivity index (χ3v) is 1.76. The molecule has 1 heterocycles. The highest BCUT2D eigenvalue weighted by Gasteiger charge is 2.01. The fourth-order valence-electron chi connectivity index (χ4n) is 0.673. The predicted octanol–water partition coefficient (Wildman–Crippen LogP) is 0.967. The highest BCUT2D eigenvalue weighted by atomic mass is 32.1. The Kier molecular flexibility index (Phi) is 1.72. The number of rotatable bonds is 0. The lowest BCUT2D eigenvalue weighted by molar-refractivity contribution is 0.451. The molecule has 1 rings (SSSR count).